The van der Waals surface area contributed by atoms with E-state index in [0.717, 1.165) is 25.7 Å². The maximum absolute atomic E-state index is 13.3. The van der Waals surface area contributed by atoms with Gasteiger partial charge >= 0.3 is 0 Å². The first-order chi connectivity index (χ1) is 15.3. The quantitative estimate of drug-likeness (QED) is 0.651. The van der Waals surface area contributed by atoms with Gasteiger partial charge in [-0.1, -0.05) is 42.4 Å². The van der Waals surface area contributed by atoms with Gasteiger partial charge in [-0.25, -0.2) is 8.42 Å². The van der Waals surface area contributed by atoms with E-state index in [0.29, 0.717) is 37.8 Å². The zero-order chi connectivity index (χ0) is 22.8. The van der Waals surface area contributed by atoms with Crippen LogP contribution < -0.4 is 5.32 Å². The highest BCUT2D eigenvalue weighted by molar-refractivity contribution is 7.89. The third kappa shape index (κ3) is 4.68. The Morgan fingerprint density at radius 1 is 1.16 bits per heavy atom. The van der Waals surface area contributed by atoms with Crippen molar-refractivity contribution in [2.24, 2.45) is 0 Å². The number of halogens is 1. The van der Waals surface area contributed by atoms with Crippen molar-refractivity contribution in [3.05, 3.63) is 40.5 Å². The van der Waals surface area contributed by atoms with Gasteiger partial charge in [0.15, 0.2) is 5.82 Å². The topological polar surface area (TPSA) is 115 Å². The SMILES string of the molecule is Cc1nc(C2(NC(=O)c3ccc(Cl)c(S(=O)(=O)N4CCOCC4)c3)CCCCCC2)no1. The monoisotopic (exact) mass is 482 g/mol. The first kappa shape index (κ1) is 23.2. The zero-order valence-corrected chi connectivity index (χ0v) is 19.5. The van der Waals surface area contributed by atoms with Crippen LogP contribution in [0.3, 0.4) is 0 Å². The average molecular weight is 483 g/mol. The third-order valence-corrected chi connectivity index (χ3v) is 8.43. The number of aryl methyl sites for hydroxylation is 1. The summed E-state index contributed by atoms with van der Waals surface area (Å²) in [6, 6.07) is 4.32. The summed E-state index contributed by atoms with van der Waals surface area (Å²) in [6.45, 7) is 2.85. The first-order valence-corrected chi connectivity index (χ1v) is 12.6. The standard InChI is InChI=1S/C21H27ClN4O5S/c1-15-23-20(25-31-15)21(8-4-2-3-5-9-21)24-19(27)16-6-7-17(22)18(14-16)32(28,29)26-10-12-30-13-11-26/h6-7,14H,2-5,8-13H2,1H3,(H,24,27). The van der Waals surface area contributed by atoms with Crippen molar-refractivity contribution in [2.75, 3.05) is 26.3 Å². The average Bonchev–Trinajstić information content (AvgIpc) is 3.09. The Balaban J connectivity index is 1.64. The number of aromatic nitrogens is 2. The van der Waals surface area contributed by atoms with E-state index >= 15 is 0 Å². The van der Waals surface area contributed by atoms with Crippen LogP contribution in [0.4, 0.5) is 0 Å². The van der Waals surface area contributed by atoms with Gasteiger partial charge in [0, 0.05) is 25.6 Å². The summed E-state index contributed by atoms with van der Waals surface area (Å²) in [5.41, 5.74) is -0.543. The predicted molar refractivity (Wildman–Crippen MR) is 117 cm³/mol. The highest BCUT2D eigenvalue weighted by atomic mass is 35.5. The normalized spacial score (nSPS) is 19.9. The molecule has 1 aromatic heterocycles. The van der Waals surface area contributed by atoms with Gasteiger partial charge in [0.05, 0.1) is 18.2 Å². The molecule has 0 radical (unpaired) electrons. The lowest BCUT2D eigenvalue weighted by Gasteiger charge is -2.31. The van der Waals surface area contributed by atoms with E-state index in [4.69, 9.17) is 20.9 Å². The minimum atomic E-state index is -3.85. The van der Waals surface area contributed by atoms with Crippen LogP contribution in [0.15, 0.2) is 27.6 Å². The molecule has 2 heterocycles. The first-order valence-electron chi connectivity index (χ1n) is 10.8. The summed E-state index contributed by atoms with van der Waals surface area (Å²) in [5, 5.41) is 7.27. The minimum absolute atomic E-state index is 0.0750. The maximum Gasteiger partial charge on any atom is 0.252 e. The molecule has 1 N–H and O–H groups in total. The minimum Gasteiger partial charge on any atom is -0.379 e. The number of morpholine rings is 1. The lowest BCUT2D eigenvalue weighted by Crippen LogP contribution is -2.46. The van der Waals surface area contributed by atoms with Gasteiger partial charge in [0.25, 0.3) is 5.91 Å². The van der Waals surface area contributed by atoms with Crippen molar-refractivity contribution >= 4 is 27.5 Å². The molecule has 0 unspecified atom stereocenters. The number of nitrogens with zero attached hydrogens (tertiary/aromatic N) is 3. The van der Waals surface area contributed by atoms with E-state index in [1.807, 2.05) is 0 Å². The Bertz CT molecular complexity index is 1070. The molecule has 1 saturated heterocycles. The molecule has 1 aliphatic carbocycles. The highest BCUT2D eigenvalue weighted by Crippen LogP contribution is 2.35. The fourth-order valence-electron chi connectivity index (χ4n) is 4.29. The second kappa shape index (κ2) is 9.46. The molecule has 174 valence electrons. The summed E-state index contributed by atoms with van der Waals surface area (Å²) in [4.78, 5) is 17.6. The van der Waals surface area contributed by atoms with Crippen molar-refractivity contribution in [1.82, 2.24) is 19.8 Å². The highest BCUT2D eigenvalue weighted by Gasteiger charge is 2.39. The van der Waals surface area contributed by atoms with Crippen molar-refractivity contribution in [2.45, 2.75) is 55.9 Å². The molecular formula is C21H27ClN4O5S. The smallest absolute Gasteiger partial charge is 0.252 e. The molecule has 0 bridgehead atoms. The van der Waals surface area contributed by atoms with Crippen LogP contribution in [0.5, 0.6) is 0 Å². The number of sulfonamides is 1. The van der Waals surface area contributed by atoms with Crippen molar-refractivity contribution in [1.29, 1.82) is 0 Å². The van der Waals surface area contributed by atoms with Crippen LogP contribution in [0.1, 0.15) is 60.6 Å². The second-order valence-corrected chi connectivity index (χ2v) is 10.6. The van der Waals surface area contributed by atoms with E-state index in [2.05, 4.69) is 15.5 Å². The largest absolute Gasteiger partial charge is 0.379 e. The van der Waals surface area contributed by atoms with Crippen molar-refractivity contribution in [3.63, 3.8) is 0 Å². The van der Waals surface area contributed by atoms with Crippen LogP contribution in [0.2, 0.25) is 5.02 Å². The van der Waals surface area contributed by atoms with Crippen LogP contribution in [-0.4, -0.2) is 55.1 Å². The number of nitrogens with one attached hydrogen (secondary N) is 1. The third-order valence-electron chi connectivity index (χ3n) is 6.05. The Morgan fingerprint density at radius 3 is 2.47 bits per heavy atom. The molecule has 0 atom stereocenters. The molecule has 1 aliphatic heterocycles. The summed E-state index contributed by atoms with van der Waals surface area (Å²) in [5.74, 6) is 0.494. The number of amides is 1. The molecular weight excluding hydrogens is 456 g/mol. The molecule has 2 aliphatic rings. The molecule has 2 fully saturated rings. The molecule has 1 amide bonds. The molecule has 2 aromatic rings. The molecule has 32 heavy (non-hydrogen) atoms. The predicted octanol–water partition coefficient (Wildman–Crippen LogP) is 3.03. The van der Waals surface area contributed by atoms with Gasteiger partial charge in [-0.15, -0.1) is 0 Å². The van der Waals surface area contributed by atoms with Crippen LogP contribution >= 0.6 is 11.6 Å². The van der Waals surface area contributed by atoms with Crippen molar-refractivity contribution < 1.29 is 22.5 Å². The van der Waals surface area contributed by atoms with Crippen LogP contribution in [0, 0.1) is 6.92 Å². The zero-order valence-electron chi connectivity index (χ0n) is 18.0. The van der Waals surface area contributed by atoms with E-state index in [1.165, 1.54) is 22.5 Å². The molecule has 9 nitrogen and oxygen atoms in total. The molecule has 1 aromatic carbocycles. The van der Waals surface area contributed by atoms with Gasteiger partial charge in [-0.05, 0) is 31.0 Å². The molecule has 4 rings (SSSR count). The lowest BCUT2D eigenvalue weighted by atomic mass is 9.88. The van der Waals surface area contributed by atoms with Gasteiger partial charge in [-0.2, -0.15) is 9.29 Å². The number of ether oxygens (including phenoxy) is 1. The molecule has 11 heteroatoms. The second-order valence-electron chi connectivity index (χ2n) is 8.25. The lowest BCUT2D eigenvalue weighted by molar-refractivity contribution is 0.0730. The Hall–Kier alpha value is -2.01. The number of carbonyl (C=O) groups excluding carboxylic acids is 1. The fraction of sp³-hybridized carbons (Fsp3) is 0.571. The van der Waals surface area contributed by atoms with Gasteiger partial charge in [0.1, 0.15) is 10.4 Å². The Kier molecular flexibility index (Phi) is 6.85. The van der Waals surface area contributed by atoms with E-state index < -0.39 is 21.5 Å². The van der Waals surface area contributed by atoms with Gasteiger partial charge < -0.3 is 14.6 Å². The van der Waals surface area contributed by atoms with Crippen molar-refractivity contribution in [3.8, 4) is 0 Å². The number of hydrogen-bond donors (Lipinski definition) is 1. The maximum atomic E-state index is 13.3. The number of carbonyl (C=O) groups is 1. The molecule has 0 spiro atoms. The van der Waals surface area contributed by atoms with Gasteiger partial charge in [0.2, 0.25) is 15.9 Å². The van der Waals surface area contributed by atoms with E-state index in [-0.39, 0.29) is 28.6 Å². The van der Waals surface area contributed by atoms with E-state index in [1.54, 1.807) is 6.92 Å². The summed E-state index contributed by atoms with van der Waals surface area (Å²) in [6.07, 6.45) is 5.35. The Morgan fingerprint density at radius 2 is 1.84 bits per heavy atom. The number of rotatable bonds is 5. The summed E-state index contributed by atoms with van der Waals surface area (Å²) >= 11 is 6.24. The van der Waals surface area contributed by atoms with E-state index in [9.17, 15) is 13.2 Å². The fourth-order valence-corrected chi connectivity index (χ4v) is 6.20. The summed E-state index contributed by atoms with van der Waals surface area (Å²) < 4.78 is 38.0. The Labute approximate surface area is 192 Å². The van der Waals surface area contributed by atoms with Crippen LogP contribution in [-0.2, 0) is 20.3 Å². The van der Waals surface area contributed by atoms with Crippen LogP contribution in [0.25, 0.3) is 0 Å². The van der Waals surface area contributed by atoms with Gasteiger partial charge in [-0.3, -0.25) is 4.79 Å². The molecule has 1 saturated carbocycles. The number of hydrogen-bond acceptors (Lipinski definition) is 7. The summed E-state index contributed by atoms with van der Waals surface area (Å²) in [7, 11) is -3.85. The number of benzene rings is 1.